The number of hydrogen-bond donors (Lipinski definition) is 2. The summed E-state index contributed by atoms with van der Waals surface area (Å²) in [5, 5.41) is 13.0. The van der Waals surface area contributed by atoms with Gasteiger partial charge in [0.05, 0.1) is 6.61 Å². The first-order chi connectivity index (χ1) is 9.28. The molecule has 1 aromatic heterocycles. The van der Waals surface area contributed by atoms with Crippen LogP contribution in [-0.2, 0) is 12.8 Å². The van der Waals surface area contributed by atoms with E-state index in [4.69, 9.17) is 15.4 Å². The Morgan fingerprint density at radius 1 is 1.37 bits per heavy atom. The Balaban J connectivity index is 1.79. The second-order valence-electron chi connectivity index (χ2n) is 4.99. The van der Waals surface area contributed by atoms with Crippen LogP contribution in [0.2, 0.25) is 0 Å². The number of rotatable bonds is 3. The largest absolute Gasteiger partial charge is 0.394 e. The van der Waals surface area contributed by atoms with E-state index in [1.165, 1.54) is 11.1 Å². The van der Waals surface area contributed by atoms with Crippen molar-refractivity contribution in [2.75, 3.05) is 6.61 Å². The van der Waals surface area contributed by atoms with Crippen molar-refractivity contribution in [2.45, 2.75) is 31.2 Å². The molecule has 0 spiro atoms. The highest BCUT2D eigenvalue weighted by atomic mass is 16.5. The Kier molecular flexibility index (Phi) is 3.31. The molecule has 3 rings (SSSR count). The van der Waals surface area contributed by atoms with E-state index in [2.05, 4.69) is 34.4 Å². The normalized spacial score (nSPS) is 20.0. The average molecular weight is 259 g/mol. The second kappa shape index (κ2) is 5.11. The lowest BCUT2D eigenvalue weighted by atomic mass is 9.83. The van der Waals surface area contributed by atoms with Gasteiger partial charge in [0.1, 0.15) is 6.04 Å². The number of nitrogens with two attached hydrogens (primary N) is 1. The molecule has 0 saturated carbocycles. The molecule has 5 heteroatoms. The van der Waals surface area contributed by atoms with Crippen LogP contribution >= 0.6 is 0 Å². The topological polar surface area (TPSA) is 85.2 Å². The van der Waals surface area contributed by atoms with E-state index in [9.17, 15) is 0 Å². The van der Waals surface area contributed by atoms with Crippen LogP contribution in [0.15, 0.2) is 28.8 Å². The van der Waals surface area contributed by atoms with Crippen LogP contribution in [0.3, 0.4) is 0 Å². The summed E-state index contributed by atoms with van der Waals surface area (Å²) >= 11 is 0. The average Bonchev–Trinajstić information content (AvgIpc) is 2.95. The fourth-order valence-electron chi connectivity index (χ4n) is 2.56. The minimum Gasteiger partial charge on any atom is -0.394 e. The third kappa shape index (κ3) is 2.39. The van der Waals surface area contributed by atoms with Gasteiger partial charge in [-0.1, -0.05) is 29.4 Å². The molecule has 1 aromatic carbocycles. The van der Waals surface area contributed by atoms with E-state index in [1.54, 1.807) is 0 Å². The minimum atomic E-state index is -0.586. The summed E-state index contributed by atoms with van der Waals surface area (Å²) in [4.78, 5) is 4.31. The van der Waals surface area contributed by atoms with Gasteiger partial charge in [0.15, 0.2) is 5.82 Å². The van der Waals surface area contributed by atoms with Crippen LogP contribution in [0.1, 0.15) is 41.2 Å². The molecule has 0 amide bonds. The number of aliphatic hydroxyl groups excluding tert-OH is 1. The summed E-state index contributed by atoms with van der Waals surface area (Å²) in [5.74, 6) is 1.29. The van der Waals surface area contributed by atoms with Gasteiger partial charge in [-0.2, -0.15) is 4.98 Å². The van der Waals surface area contributed by atoms with Gasteiger partial charge in [0.2, 0.25) is 5.89 Å². The first-order valence-corrected chi connectivity index (χ1v) is 6.54. The zero-order chi connectivity index (χ0) is 13.2. The number of aliphatic hydroxyl groups is 1. The first kappa shape index (κ1) is 12.3. The Hall–Kier alpha value is -1.72. The molecule has 1 aliphatic carbocycles. The Morgan fingerprint density at radius 2 is 2.16 bits per heavy atom. The van der Waals surface area contributed by atoms with Crippen molar-refractivity contribution in [1.82, 2.24) is 10.1 Å². The van der Waals surface area contributed by atoms with Crippen molar-refractivity contribution in [2.24, 2.45) is 5.73 Å². The molecule has 0 saturated heterocycles. The van der Waals surface area contributed by atoms with E-state index in [0.717, 1.165) is 19.3 Å². The van der Waals surface area contributed by atoms with Crippen LogP contribution in [0, 0.1) is 0 Å². The van der Waals surface area contributed by atoms with Crippen LogP contribution in [0.25, 0.3) is 0 Å². The SMILES string of the molecule is N[C@@H](CO)c1nc(C2CCc3ccccc3C2)no1. The van der Waals surface area contributed by atoms with Crippen LogP contribution in [-0.4, -0.2) is 21.9 Å². The molecule has 2 aromatic rings. The number of aromatic nitrogens is 2. The third-order valence-electron chi connectivity index (χ3n) is 3.68. The maximum absolute atomic E-state index is 8.99. The zero-order valence-electron chi connectivity index (χ0n) is 10.6. The first-order valence-electron chi connectivity index (χ1n) is 6.54. The van der Waals surface area contributed by atoms with Crippen molar-refractivity contribution in [3.63, 3.8) is 0 Å². The third-order valence-corrected chi connectivity index (χ3v) is 3.68. The zero-order valence-corrected chi connectivity index (χ0v) is 10.6. The van der Waals surface area contributed by atoms with Gasteiger partial charge in [0.25, 0.3) is 0 Å². The highest BCUT2D eigenvalue weighted by Gasteiger charge is 2.25. The number of fused-ring (bicyclic) bond motifs is 1. The van der Waals surface area contributed by atoms with Gasteiger partial charge in [0, 0.05) is 5.92 Å². The summed E-state index contributed by atoms with van der Waals surface area (Å²) in [7, 11) is 0. The second-order valence-corrected chi connectivity index (χ2v) is 4.99. The van der Waals surface area contributed by atoms with E-state index >= 15 is 0 Å². The minimum absolute atomic E-state index is 0.185. The predicted molar refractivity (Wildman–Crippen MR) is 69.5 cm³/mol. The summed E-state index contributed by atoms with van der Waals surface area (Å²) in [6, 6.07) is 7.88. The van der Waals surface area contributed by atoms with Gasteiger partial charge in [-0.25, -0.2) is 0 Å². The monoisotopic (exact) mass is 259 g/mol. The molecule has 0 aliphatic heterocycles. The number of benzene rings is 1. The standard InChI is InChI=1S/C14H17N3O2/c15-12(8-18)14-16-13(17-19-14)11-6-5-9-3-1-2-4-10(9)7-11/h1-4,11-12,18H,5-8,15H2/t11?,12-/m0/s1. The lowest BCUT2D eigenvalue weighted by Crippen LogP contribution is -2.16. The maximum atomic E-state index is 8.99. The number of hydrogen-bond acceptors (Lipinski definition) is 5. The van der Waals surface area contributed by atoms with Crippen molar-refractivity contribution in [1.29, 1.82) is 0 Å². The smallest absolute Gasteiger partial charge is 0.245 e. The van der Waals surface area contributed by atoms with Crippen molar-refractivity contribution < 1.29 is 9.63 Å². The molecule has 19 heavy (non-hydrogen) atoms. The molecule has 0 bridgehead atoms. The molecule has 1 heterocycles. The predicted octanol–water partition coefficient (Wildman–Crippen LogP) is 1.33. The van der Waals surface area contributed by atoms with Gasteiger partial charge in [-0.3, -0.25) is 0 Å². The number of aryl methyl sites for hydroxylation is 1. The molecular formula is C14H17N3O2. The van der Waals surface area contributed by atoms with Crippen LogP contribution in [0.4, 0.5) is 0 Å². The highest BCUT2D eigenvalue weighted by Crippen LogP contribution is 2.31. The molecule has 3 N–H and O–H groups in total. The van der Waals surface area contributed by atoms with Gasteiger partial charge in [-0.15, -0.1) is 0 Å². The highest BCUT2D eigenvalue weighted by molar-refractivity contribution is 5.31. The summed E-state index contributed by atoms with van der Waals surface area (Å²) in [5.41, 5.74) is 8.44. The Bertz CT molecular complexity index is 567. The lowest BCUT2D eigenvalue weighted by molar-refractivity contribution is 0.236. The molecular weight excluding hydrogens is 242 g/mol. The molecule has 1 unspecified atom stereocenters. The fourth-order valence-corrected chi connectivity index (χ4v) is 2.56. The Labute approximate surface area is 111 Å². The van der Waals surface area contributed by atoms with Crippen LogP contribution in [0.5, 0.6) is 0 Å². The molecule has 0 fully saturated rings. The van der Waals surface area contributed by atoms with Crippen molar-refractivity contribution >= 4 is 0 Å². The van der Waals surface area contributed by atoms with Crippen molar-refractivity contribution in [3.8, 4) is 0 Å². The number of nitrogens with zero attached hydrogens (tertiary/aromatic N) is 2. The molecule has 100 valence electrons. The van der Waals surface area contributed by atoms with Gasteiger partial charge in [-0.05, 0) is 30.4 Å². The Morgan fingerprint density at radius 3 is 2.95 bits per heavy atom. The maximum Gasteiger partial charge on any atom is 0.245 e. The van der Waals surface area contributed by atoms with E-state index in [1.807, 2.05) is 0 Å². The summed E-state index contributed by atoms with van der Waals surface area (Å²) in [6.45, 7) is -0.185. The fraction of sp³-hybridized carbons (Fsp3) is 0.429. The molecule has 2 atom stereocenters. The molecule has 5 nitrogen and oxygen atoms in total. The van der Waals surface area contributed by atoms with E-state index in [-0.39, 0.29) is 12.5 Å². The van der Waals surface area contributed by atoms with E-state index < -0.39 is 6.04 Å². The summed E-state index contributed by atoms with van der Waals surface area (Å²) in [6.07, 6.45) is 2.99. The lowest BCUT2D eigenvalue weighted by Gasteiger charge is -2.21. The molecule has 1 aliphatic rings. The van der Waals surface area contributed by atoms with Gasteiger partial charge < -0.3 is 15.4 Å². The summed E-state index contributed by atoms with van der Waals surface area (Å²) < 4.78 is 5.11. The van der Waals surface area contributed by atoms with E-state index in [0.29, 0.717) is 11.7 Å². The molecule has 0 radical (unpaired) electrons. The van der Waals surface area contributed by atoms with Crippen LogP contribution < -0.4 is 5.73 Å². The van der Waals surface area contributed by atoms with Crippen molar-refractivity contribution in [3.05, 3.63) is 47.1 Å². The van der Waals surface area contributed by atoms with Gasteiger partial charge >= 0.3 is 0 Å². The quantitative estimate of drug-likeness (QED) is 0.868.